The van der Waals surface area contributed by atoms with Gasteiger partial charge in [0.05, 0.1) is 0 Å². The van der Waals surface area contributed by atoms with Gasteiger partial charge in [0.25, 0.3) is 0 Å². The van der Waals surface area contributed by atoms with Crippen LogP contribution in [-0.4, -0.2) is 5.43 Å². The van der Waals surface area contributed by atoms with E-state index in [-0.39, 0.29) is 42.1 Å². The molecule has 0 spiro atoms. The molecule has 0 N–H and O–H groups in total. The first-order valence-corrected chi connectivity index (χ1v) is 27.5. The summed E-state index contributed by atoms with van der Waals surface area (Å²) in [5.41, 5.74) is 17.7. The van der Waals surface area contributed by atoms with E-state index in [1.165, 1.54) is 77.9 Å². The number of rotatable bonds is 8. The molecule has 64 heavy (non-hydrogen) atoms. The van der Waals surface area contributed by atoms with Gasteiger partial charge in [-0.2, -0.15) is 23.3 Å². The zero-order valence-electron chi connectivity index (χ0n) is 36.1. The Kier molecular flexibility index (Phi) is 17.9. The van der Waals surface area contributed by atoms with E-state index in [0.717, 1.165) is 0 Å². The second-order valence-electron chi connectivity index (χ2n) is 15.5. The maximum atomic E-state index is 3.86. The predicted octanol–water partition coefficient (Wildman–Crippen LogP) is 16.2. The summed E-state index contributed by atoms with van der Waals surface area (Å²) in [5, 5.41) is 0. The van der Waals surface area contributed by atoms with Crippen molar-refractivity contribution >= 4 is 63.7 Å². The Balaban J connectivity index is 0.000000191. The van der Waals surface area contributed by atoms with E-state index < -0.39 is 0 Å². The van der Waals surface area contributed by atoms with Crippen molar-refractivity contribution < 1.29 is 23.3 Å². The summed E-state index contributed by atoms with van der Waals surface area (Å²) in [4.78, 5) is 0. The molecule has 0 nitrogen and oxygen atoms in total. The molecule has 0 heterocycles. The zero-order chi connectivity index (χ0) is 42.5. The fraction of sp³-hybridized carbons (Fsp3) is 0.0667. The van der Waals surface area contributed by atoms with Crippen LogP contribution < -0.4 is 0 Å². The topological polar surface area (TPSA) is 0 Å². The van der Waals surface area contributed by atoms with E-state index >= 15 is 0 Å². The Bertz CT molecular complexity index is 2630. The summed E-state index contributed by atoms with van der Waals surface area (Å²) in [5.74, 6) is 0.202. The van der Waals surface area contributed by atoms with Crippen molar-refractivity contribution in [2.75, 3.05) is 0 Å². The van der Waals surface area contributed by atoms with E-state index in [4.69, 9.17) is 0 Å². The molecule has 0 aliphatic heterocycles. The molecule has 0 aromatic heterocycles. The molecular formula is C60H50Cl2SiZr. The van der Waals surface area contributed by atoms with Crippen LogP contribution in [0.15, 0.2) is 243 Å². The summed E-state index contributed by atoms with van der Waals surface area (Å²) in [6, 6.07) is 85.6. The van der Waals surface area contributed by atoms with Gasteiger partial charge < -0.3 is 0 Å². The molecule has 0 fully saturated rings. The molecule has 2 atom stereocenters. The van der Waals surface area contributed by atoms with Gasteiger partial charge in [-0.05, 0) is 34.1 Å². The Labute approximate surface area is 408 Å². The third-order valence-corrected chi connectivity index (χ3v) is 10.9. The Morgan fingerprint density at radius 2 is 0.516 bits per heavy atom. The summed E-state index contributed by atoms with van der Waals surface area (Å²) in [6.07, 6.45) is 7.73. The molecular weight excluding hydrogens is 911 g/mol. The fourth-order valence-electron chi connectivity index (χ4n) is 8.26. The molecule has 4 heteroatoms. The Hall–Kier alpha value is -5.60. The van der Waals surface area contributed by atoms with Crippen LogP contribution in [0, 0.1) is 12.2 Å². The van der Waals surface area contributed by atoms with Crippen LogP contribution in [0.1, 0.15) is 56.3 Å². The van der Waals surface area contributed by atoms with Gasteiger partial charge in [0.15, 0.2) is 0 Å². The summed E-state index contributed by atoms with van der Waals surface area (Å²) in [7, 11) is 0. The molecule has 0 saturated carbocycles. The van der Waals surface area contributed by atoms with Crippen molar-refractivity contribution in [3.8, 4) is 0 Å². The van der Waals surface area contributed by atoms with Gasteiger partial charge >= 0.3 is 41.9 Å². The van der Waals surface area contributed by atoms with Crippen molar-refractivity contribution in [2.24, 2.45) is 0 Å². The first-order chi connectivity index (χ1) is 30.6. The molecule has 10 rings (SSSR count). The minimum absolute atomic E-state index is 0. The van der Waals surface area contributed by atoms with Crippen LogP contribution in [0.3, 0.4) is 0 Å². The number of benzene rings is 8. The molecule has 8 aromatic carbocycles. The number of halogens is 2. The van der Waals surface area contributed by atoms with Gasteiger partial charge in [-0.15, -0.1) is 71.4 Å². The van der Waals surface area contributed by atoms with E-state index in [2.05, 4.69) is 268 Å². The van der Waals surface area contributed by atoms with E-state index in [1.807, 2.05) is 0 Å². The summed E-state index contributed by atoms with van der Waals surface area (Å²) in [6.45, 7) is 4.62. The van der Waals surface area contributed by atoms with E-state index in [9.17, 15) is 0 Å². The summed E-state index contributed by atoms with van der Waals surface area (Å²) >= 11 is 1.74. The van der Waals surface area contributed by atoms with Crippen LogP contribution >= 0.6 is 24.8 Å². The Morgan fingerprint density at radius 1 is 0.312 bits per heavy atom. The van der Waals surface area contributed by atoms with Crippen molar-refractivity contribution in [1.29, 1.82) is 0 Å². The first kappa shape index (κ1) is 47.9. The third-order valence-electron chi connectivity index (χ3n) is 10.9. The van der Waals surface area contributed by atoms with Gasteiger partial charge in [-0.3, -0.25) is 0 Å². The molecule has 312 valence electrons. The minimum atomic E-state index is 0. The number of allylic oxidation sites excluding steroid dienone is 8. The predicted molar refractivity (Wildman–Crippen MR) is 276 cm³/mol. The number of hydrogen-bond acceptors (Lipinski definition) is 0. The smallest absolute Gasteiger partial charge is 0.0313 e. The van der Waals surface area contributed by atoms with Gasteiger partial charge in [0, 0.05) is 0 Å². The van der Waals surface area contributed by atoms with Gasteiger partial charge in [0.2, 0.25) is 0 Å². The standard InChI is InChI=1S/2C29H21.C2H6Si.2ClH.Zr/c2*1-5-13-22(14-6-1)26-21-27(23-15-7-2-8-16-23)29(25-19-11-4-12-20-25)28(26)24-17-9-3-10-18-24;1-3-2;;;/h2*1-20,26H;1-2H3;2*1H;/q2*-1;;;;+2. The first-order valence-electron chi connectivity index (χ1n) is 21.3. The van der Waals surface area contributed by atoms with Crippen molar-refractivity contribution in [3.63, 3.8) is 0 Å². The largest absolute Gasteiger partial charge is 0.188 e. The fourth-order valence-corrected chi connectivity index (χ4v) is 8.26. The maximum Gasteiger partial charge on any atom is -0.0313 e. The molecule has 0 amide bonds. The quantitative estimate of drug-likeness (QED) is 0.105. The second-order valence-corrected chi connectivity index (χ2v) is 24.9. The average Bonchev–Trinajstić information content (AvgIpc) is 3.95. The van der Waals surface area contributed by atoms with Gasteiger partial charge in [0.1, 0.15) is 0 Å². The zero-order valence-corrected chi connectivity index (χ0v) is 41.2. The minimum Gasteiger partial charge on any atom is -0.188 e. The summed E-state index contributed by atoms with van der Waals surface area (Å²) < 4.78 is 0. The second kappa shape index (κ2) is 23.9. The van der Waals surface area contributed by atoms with Gasteiger partial charge in [-0.1, -0.05) is 241 Å². The van der Waals surface area contributed by atoms with Crippen LogP contribution in [-0.2, 0) is 23.3 Å². The SMILES string of the molecule is C[Si](C)=[Zr+2].Cl.Cl.[C-]1=C(c2ccccc2)C(c2ccccc2)=C(c2ccccc2)C1c1ccccc1.[C-]1=C(c2ccccc2)C(c2ccccc2)=C(c2ccccc2)C1c1ccccc1. The normalized spacial score (nSPS) is 14.9. The molecule has 8 aromatic rings. The average molecular weight is 961 g/mol. The Morgan fingerprint density at radius 3 is 0.766 bits per heavy atom. The van der Waals surface area contributed by atoms with E-state index in [1.54, 1.807) is 23.3 Å². The third kappa shape index (κ3) is 11.6. The van der Waals surface area contributed by atoms with Crippen LogP contribution in [0.5, 0.6) is 0 Å². The molecule has 0 radical (unpaired) electrons. The molecule has 0 saturated heterocycles. The molecule has 2 aliphatic rings. The van der Waals surface area contributed by atoms with Crippen molar-refractivity contribution in [2.45, 2.75) is 24.9 Å². The number of hydrogen-bond donors (Lipinski definition) is 0. The molecule has 2 unspecified atom stereocenters. The molecule has 2 aliphatic carbocycles. The van der Waals surface area contributed by atoms with Gasteiger partial charge in [-0.25, -0.2) is 0 Å². The van der Waals surface area contributed by atoms with Crippen LogP contribution in [0.4, 0.5) is 0 Å². The molecule has 0 bridgehead atoms. The monoisotopic (exact) mass is 958 g/mol. The van der Waals surface area contributed by atoms with Crippen LogP contribution in [0.25, 0.3) is 33.4 Å². The van der Waals surface area contributed by atoms with Crippen molar-refractivity contribution in [1.82, 2.24) is 0 Å². The van der Waals surface area contributed by atoms with Crippen LogP contribution in [0.2, 0.25) is 13.1 Å². The van der Waals surface area contributed by atoms with Crippen molar-refractivity contribution in [3.05, 3.63) is 299 Å². The van der Waals surface area contributed by atoms with E-state index in [0.29, 0.717) is 0 Å². The maximum absolute atomic E-state index is 3.86.